The molecule has 0 saturated carbocycles. The Morgan fingerprint density at radius 2 is 1.31 bits per heavy atom. The Kier molecular flexibility index (Phi) is 8.56. The van der Waals surface area contributed by atoms with E-state index in [1.165, 1.54) is 5.56 Å². The van der Waals surface area contributed by atoms with Gasteiger partial charge in [0.15, 0.2) is 15.8 Å². The molecule has 3 N–H and O–H groups in total. The van der Waals surface area contributed by atoms with E-state index in [1.54, 1.807) is 4.90 Å². The molecular weight excluding hydrogens is 460 g/mol. The highest BCUT2D eigenvalue weighted by molar-refractivity contribution is 7.92. The maximum atomic E-state index is 14.1. The molecule has 2 heterocycles. The van der Waals surface area contributed by atoms with Gasteiger partial charge in [-0.3, -0.25) is 10.2 Å². The number of sulfone groups is 1. The summed E-state index contributed by atoms with van der Waals surface area (Å²) in [5.41, 5.74) is 8.61. The number of carbonyl (C=O) groups is 1. The predicted molar refractivity (Wildman–Crippen MR) is 142 cm³/mol. The van der Waals surface area contributed by atoms with Crippen molar-refractivity contribution in [3.05, 3.63) is 28.8 Å². The fourth-order valence-corrected chi connectivity index (χ4v) is 7.81. The highest BCUT2D eigenvalue weighted by Gasteiger charge is 2.38. The number of piperidine rings is 2. The largest absolute Gasteiger partial charge is 0.370 e. The Morgan fingerprint density at radius 3 is 1.71 bits per heavy atom. The van der Waals surface area contributed by atoms with Crippen LogP contribution in [0.4, 0.5) is 0 Å². The normalized spacial score (nSPS) is 18.7. The first-order valence-electron chi connectivity index (χ1n) is 13.1. The van der Waals surface area contributed by atoms with Crippen LogP contribution in [-0.2, 0) is 14.6 Å². The average Bonchev–Trinajstić information content (AvgIpc) is 2.82. The van der Waals surface area contributed by atoms with Gasteiger partial charge in [-0.15, -0.1) is 0 Å². The molecule has 8 heteroatoms. The standard InChI is InChI=1S/C27H44N4O3S/c1-17(2)21-15-23(18(3)4)25(24(16-21)19(5)6)35(33,34)22-9-13-30(14-10-22)26(32)20-7-11-31(12-8-20)27(28)29/h15-20,22H,7-14H2,1-6H3,(H3,28,29). The summed E-state index contributed by atoms with van der Waals surface area (Å²) in [7, 11) is -3.53. The number of nitrogens with one attached hydrogen (secondary N) is 1. The number of nitrogens with two attached hydrogens (primary N) is 1. The molecule has 0 aliphatic carbocycles. The van der Waals surface area contributed by atoms with Crippen LogP contribution in [0.3, 0.4) is 0 Å². The quantitative estimate of drug-likeness (QED) is 0.440. The lowest BCUT2D eigenvalue weighted by Gasteiger charge is -2.37. The van der Waals surface area contributed by atoms with Gasteiger partial charge in [0.25, 0.3) is 0 Å². The van der Waals surface area contributed by atoms with Gasteiger partial charge in [-0.25, -0.2) is 8.42 Å². The van der Waals surface area contributed by atoms with E-state index in [0.29, 0.717) is 62.7 Å². The molecule has 1 aromatic carbocycles. The third-order valence-electron chi connectivity index (χ3n) is 7.74. The molecule has 0 atom stereocenters. The fourth-order valence-electron chi connectivity index (χ4n) is 5.40. The number of hydrogen-bond acceptors (Lipinski definition) is 4. The van der Waals surface area contributed by atoms with Gasteiger partial charge in [-0.05, 0) is 60.1 Å². The Labute approximate surface area is 211 Å². The molecule has 2 saturated heterocycles. The highest BCUT2D eigenvalue weighted by Crippen LogP contribution is 2.38. The molecule has 0 radical (unpaired) electrons. The van der Waals surface area contributed by atoms with Gasteiger partial charge in [-0.1, -0.05) is 53.7 Å². The van der Waals surface area contributed by atoms with Crippen molar-refractivity contribution in [3.63, 3.8) is 0 Å². The predicted octanol–water partition coefficient (Wildman–Crippen LogP) is 4.43. The van der Waals surface area contributed by atoms with Gasteiger partial charge in [0.05, 0.1) is 10.1 Å². The Balaban J connectivity index is 1.79. The molecule has 3 rings (SSSR count). The lowest BCUT2D eigenvalue weighted by atomic mass is 9.89. The van der Waals surface area contributed by atoms with Crippen LogP contribution >= 0.6 is 0 Å². The third kappa shape index (κ3) is 5.84. The second kappa shape index (κ2) is 10.9. The number of guanidine groups is 1. The van der Waals surface area contributed by atoms with E-state index in [2.05, 4.69) is 53.7 Å². The number of rotatable bonds is 6. The van der Waals surface area contributed by atoms with Crippen molar-refractivity contribution in [3.8, 4) is 0 Å². The van der Waals surface area contributed by atoms with E-state index >= 15 is 0 Å². The van der Waals surface area contributed by atoms with Gasteiger partial charge >= 0.3 is 0 Å². The maximum absolute atomic E-state index is 14.1. The minimum Gasteiger partial charge on any atom is -0.370 e. The summed E-state index contributed by atoms with van der Waals surface area (Å²) in [6.07, 6.45) is 2.32. The zero-order valence-corrected chi connectivity index (χ0v) is 23.1. The highest BCUT2D eigenvalue weighted by atomic mass is 32.2. The van der Waals surface area contributed by atoms with Gasteiger partial charge in [0.2, 0.25) is 5.91 Å². The molecule has 2 aliphatic heterocycles. The Bertz CT molecular complexity index is 1000. The van der Waals surface area contributed by atoms with Crippen molar-refractivity contribution in [1.82, 2.24) is 9.80 Å². The smallest absolute Gasteiger partial charge is 0.225 e. The van der Waals surface area contributed by atoms with Crippen molar-refractivity contribution in [2.75, 3.05) is 26.2 Å². The van der Waals surface area contributed by atoms with Gasteiger partial charge in [-0.2, -0.15) is 0 Å². The van der Waals surface area contributed by atoms with E-state index in [1.807, 2.05) is 4.90 Å². The number of benzene rings is 1. The van der Waals surface area contributed by atoms with Crippen LogP contribution < -0.4 is 5.73 Å². The minimum absolute atomic E-state index is 0.0601. The van der Waals surface area contributed by atoms with Crippen LogP contribution in [-0.4, -0.2) is 61.5 Å². The lowest BCUT2D eigenvalue weighted by Crippen LogP contribution is -2.49. The SMILES string of the molecule is CC(C)c1cc(C(C)C)c(S(=O)(=O)C2CCN(C(=O)C3CCN(C(=N)N)CC3)CC2)c(C(C)C)c1. The molecular formula is C27H44N4O3S. The van der Waals surface area contributed by atoms with Crippen molar-refractivity contribution in [2.24, 2.45) is 11.7 Å². The van der Waals surface area contributed by atoms with E-state index in [9.17, 15) is 13.2 Å². The second-order valence-electron chi connectivity index (χ2n) is 11.2. The van der Waals surface area contributed by atoms with E-state index in [-0.39, 0.29) is 29.6 Å². The maximum Gasteiger partial charge on any atom is 0.225 e. The van der Waals surface area contributed by atoms with Crippen LogP contribution in [0.15, 0.2) is 17.0 Å². The molecule has 196 valence electrons. The molecule has 0 bridgehead atoms. The fraction of sp³-hybridized carbons (Fsp3) is 0.704. The second-order valence-corrected chi connectivity index (χ2v) is 13.4. The first-order chi connectivity index (χ1) is 16.3. The molecule has 0 unspecified atom stereocenters. The number of nitrogens with zero attached hydrogens (tertiary/aromatic N) is 2. The van der Waals surface area contributed by atoms with E-state index in [0.717, 1.165) is 11.1 Å². The topological polar surface area (TPSA) is 108 Å². The molecule has 7 nitrogen and oxygen atoms in total. The van der Waals surface area contributed by atoms with Crippen LogP contribution in [0.1, 0.15) is 102 Å². The monoisotopic (exact) mass is 504 g/mol. The Morgan fingerprint density at radius 1 is 0.857 bits per heavy atom. The first kappa shape index (κ1) is 27.5. The zero-order valence-electron chi connectivity index (χ0n) is 22.3. The summed E-state index contributed by atoms with van der Waals surface area (Å²) in [5, 5.41) is 7.11. The van der Waals surface area contributed by atoms with Crippen molar-refractivity contribution in [2.45, 2.75) is 95.1 Å². The van der Waals surface area contributed by atoms with Crippen LogP contribution in [0.2, 0.25) is 0 Å². The summed E-state index contributed by atoms with van der Waals surface area (Å²) in [4.78, 5) is 17.3. The molecule has 2 aliphatic rings. The van der Waals surface area contributed by atoms with Crippen molar-refractivity contribution < 1.29 is 13.2 Å². The van der Waals surface area contributed by atoms with E-state index < -0.39 is 15.1 Å². The number of likely N-dealkylation sites (tertiary alicyclic amines) is 2. The minimum atomic E-state index is -3.53. The molecule has 35 heavy (non-hydrogen) atoms. The molecule has 1 amide bonds. The van der Waals surface area contributed by atoms with Gasteiger partial charge in [0.1, 0.15) is 0 Å². The Hall–Kier alpha value is -2.09. The summed E-state index contributed by atoms with van der Waals surface area (Å²) in [5.74, 6) is 0.665. The zero-order chi connectivity index (χ0) is 26.1. The lowest BCUT2D eigenvalue weighted by molar-refractivity contribution is -0.137. The molecule has 0 aromatic heterocycles. The van der Waals surface area contributed by atoms with Crippen LogP contribution in [0.25, 0.3) is 0 Å². The molecule has 2 fully saturated rings. The molecule has 0 spiro atoms. The summed E-state index contributed by atoms with van der Waals surface area (Å²) in [6, 6.07) is 4.19. The summed E-state index contributed by atoms with van der Waals surface area (Å²) in [6.45, 7) is 14.8. The molecule has 1 aromatic rings. The first-order valence-corrected chi connectivity index (χ1v) is 14.7. The van der Waals surface area contributed by atoms with Crippen molar-refractivity contribution >= 4 is 21.7 Å². The van der Waals surface area contributed by atoms with Gasteiger partial charge in [0, 0.05) is 32.1 Å². The van der Waals surface area contributed by atoms with Gasteiger partial charge < -0.3 is 15.5 Å². The van der Waals surface area contributed by atoms with Crippen molar-refractivity contribution in [1.29, 1.82) is 5.41 Å². The number of hydrogen-bond donors (Lipinski definition) is 2. The van der Waals surface area contributed by atoms with Crippen LogP contribution in [0.5, 0.6) is 0 Å². The van der Waals surface area contributed by atoms with Crippen LogP contribution in [0, 0.1) is 11.3 Å². The van der Waals surface area contributed by atoms with E-state index in [4.69, 9.17) is 11.1 Å². The summed E-state index contributed by atoms with van der Waals surface area (Å²) < 4.78 is 28.1. The number of carbonyl (C=O) groups excluding carboxylic acids is 1. The third-order valence-corrected chi connectivity index (χ3v) is 10.1. The summed E-state index contributed by atoms with van der Waals surface area (Å²) >= 11 is 0. The number of amides is 1. The average molecular weight is 505 g/mol.